The van der Waals surface area contributed by atoms with E-state index in [0.29, 0.717) is 5.92 Å². The molecule has 2 nitrogen and oxygen atoms in total. The maximum absolute atomic E-state index is 5.37. The van der Waals surface area contributed by atoms with Crippen LogP contribution in [-0.4, -0.2) is 9.97 Å². The zero-order chi connectivity index (χ0) is 31.0. The van der Waals surface area contributed by atoms with E-state index < -0.39 is 0 Å². The second kappa shape index (κ2) is 10.4. The molecule has 224 valence electrons. The number of fused-ring (bicyclic) bond motifs is 8. The van der Waals surface area contributed by atoms with Crippen LogP contribution in [-0.2, 0) is 5.41 Å². The Morgan fingerprint density at radius 1 is 0.565 bits per heavy atom. The van der Waals surface area contributed by atoms with E-state index in [4.69, 9.17) is 9.97 Å². The fraction of sp³-hybridized carbons (Fsp3) is 0.227. The van der Waals surface area contributed by atoms with Gasteiger partial charge in [0.25, 0.3) is 0 Å². The smallest absolute Gasteiger partial charge is 0.0974 e. The number of benzene rings is 5. The van der Waals surface area contributed by atoms with Crippen LogP contribution in [0.5, 0.6) is 0 Å². The number of aromatic nitrogens is 2. The molecule has 5 aromatic carbocycles. The molecule has 2 heterocycles. The Bertz CT molecular complexity index is 2340. The number of aryl methyl sites for hydroxylation is 1. The Morgan fingerprint density at radius 3 is 2.24 bits per heavy atom. The minimum atomic E-state index is -0.0648. The van der Waals surface area contributed by atoms with Crippen molar-refractivity contribution in [2.24, 2.45) is 0 Å². The lowest BCUT2D eigenvalue weighted by Crippen LogP contribution is -2.15. The summed E-state index contributed by atoms with van der Waals surface area (Å²) in [5.74, 6) is 0.511. The Morgan fingerprint density at radius 2 is 1.35 bits per heavy atom. The summed E-state index contributed by atoms with van der Waals surface area (Å²) in [5, 5.41) is 4.98. The molecular weight excluding hydrogens is 556 g/mol. The molecule has 0 N–H and O–H groups in total. The van der Waals surface area contributed by atoms with Crippen molar-refractivity contribution < 1.29 is 0 Å². The van der Waals surface area contributed by atoms with Crippen LogP contribution in [0.3, 0.4) is 0 Å². The maximum Gasteiger partial charge on any atom is 0.0974 e. The average Bonchev–Trinajstić information content (AvgIpc) is 3.34. The maximum atomic E-state index is 5.37. The Balaban J connectivity index is 1.20. The third kappa shape index (κ3) is 4.23. The summed E-state index contributed by atoms with van der Waals surface area (Å²) in [6.07, 6.45) is 6.35. The van der Waals surface area contributed by atoms with Gasteiger partial charge in [-0.05, 0) is 99.3 Å². The summed E-state index contributed by atoms with van der Waals surface area (Å²) in [7, 11) is 0. The highest BCUT2D eigenvalue weighted by molar-refractivity contribution is 6.08. The summed E-state index contributed by atoms with van der Waals surface area (Å²) in [4.78, 5) is 10.4. The third-order valence-electron chi connectivity index (χ3n) is 10.9. The first-order valence-electron chi connectivity index (χ1n) is 16.9. The lowest BCUT2D eigenvalue weighted by Gasteiger charge is -2.23. The van der Waals surface area contributed by atoms with E-state index in [1.807, 2.05) is 0 Å². The third-order valence-corrected chi connectivity index (χ3v) is 10.9. The molecule has 0 bridgehead atoms. The van der Waals surface area contributed by atoms with Crippen LogP contribution < -0.4 is 0 Å². The standard InChI is InChI=1S/C44H38N2/c1-27-16-17-30-18-21-35-37(26-40(29-11-5-4-6-12-29)46-43(35)42(30)45-27)33-14-9-13-31(24-33)32-19-22-36-39(25-32)44(2,3)38-23-20-28-10-7-8-15-34(28)41(36)38/h7-10,13-26,29H,4-6,11-12H2,1-3H3. The largest absolute Gasteiger partial charge is 0.251 e. The van der Waals surface area contributed by atoms with Crippen molar-refractivity contribution in [3.05, 3.63) is 132 Å². The van der Waals surface area contributed by atoms with Gasteiger partial charge in [-0.2, -0.15) is 0 Å². The molecular formula is C44H38N2. The van der Waals surface area contributed by atoms with Gasteiger partial charge in [-0.3, -0.25) is 9.97 Å². The molecule has 0 radical (unpaired) electrons. The van der Waals surface area contributed by atoms with Crippen molar-refractivity contribution in [1.82, 2.24) is 9.97 Å². The van der Waals surface area contributed by atoms with E-state index in [9.17, 15) is 0 Å². The van der Waals surface area contributed by atoms with Gasteiger partial charge in [0, 0.05) is 33.5 Å². The van der Waals surface area contributed by atoms with E-state index in [1.165, 1.54) is 98.5 Å². The van der Waals surface area contributed by atoms with Gasteiger partial charge in [0.1, 0.15) is 0 Å². The summed E-state index contributed by atoms with van der Waals surface area (Å²) >= 11 is 0. The molecule has 1 fully saturated rings. The minimum absolute atomic E-state index is 0.0648. The molecule has 0 saturated heterocycles. The molecule has 0 atom stereocenters. The summed E-state index contributed by atoms with van der Waals surface area (Å²) in [6, 6.07) is 40.9. The predicted octanol–water partition coefficient (Wildman–Crippen LogP) is 11.9. The van der Waals surface area contributed by atoms with Crippen LogP contribution in [0.15, 0.2) is 109 Å². The quantitative estimate of drug-likeness (QED) is 0.190. The monoisotopic (exact) mass is 594 g/mol. The Hall–Kier alpha value is -4.82. The normalized spacial score (nSPS) is 15.8. The second-order valence-electron chi connectivity index (χ2n) is 14.1. The van der Waals surface area contributed by atoms with Gasteiger partial charge in [-0.1, -0.05) is 118 Å². The fourth-order valence-electron chi connectivity index (χ4n) is 8.39. The van der Waals surface area contributed by atoms with Gasteiger partial charge in [0.2, 0.25) is 0 Å². The summed E-state index contributed by atoms with van der Waals surface area (Å²) in [6.45, 7) is 6.83. The van der Waals surface area contributed by atoms with Gasteiger partial charge < -0.3 is 0 Å². The highest BCUT2D eigenvalue weighted by atomic mass is 14.8. The zero-order valence-corrected chi connectivity index (χ0v) is 26.9. The molecule has 0 aliphatic heterocycles. The Labute approximate surface area is 271 Å². The first-order valence-corrected chi connectivity index (χ1v) is 16.9. The summed E-state index contributed by atoms with van der Waals surface area (Å²) < 4.78 is 0. The van der Waals surface area contributed by atoms with Crippen LogP contribution in [0.25, 0.3) is 66.0 Å². The molecule has 2 heteroatoms. The fourth-order valence-corrected chi connectivity index (χ4v) is 8.39. The van der Waals surface area contributed by atoms with E-state index >= 15 is 0 Å². The molecule has 0 amide bonds. The highest BCUT2D eigenvalue weighted by Crippen LogP contribution is 2.52. The van der Waals surface area contributed by atoms with Crippen LogP contribution in [0.4, 0.5) is 0 Å². The van der Waals surface area contributed by atoms with E-state index in [0.717, 1.165) is 22.1 Å². The number of nitrogens with zero attached hydrogens (tertiary/aromatic N) is 2. The molecule has 0 spiro atoms. The predicted molar refractivity (Wildman–Crippen MR) is 194 cm³/mol. The van der Waals surface area contributed by atoms with Gasteiger partial charge in [-0.15, -0.1) is 0 Å². The lowest BCUT2D eigenvalue weighted by atomic mass is 9.81. The highest BCUT2D eigenvalue weighted by Gasteiger charge is 2.36. The van der Waals surface area contributed by atoms with Crippen molar-refractivity contribution in [2.45, 2.75) is 64.2 Å². The molecule has 2 aliphatic rings. The lowest BCUT2D eigenvalue weighted by molar-refractivity contribution is 0.437. The summed E-state index contributed by atoms with van der Waals surface area (Å²) in [5.41, 5.74) is 14.8. The number of hydrogen-bond acceptors (Lipinski definition) is 2. The van der Waals surface area contributed by atoms with Gasteiger partial charge in [0.05, 0.1) is 11.0 Å². The number of hydrogen-bond donors (Lipinski definition) is 0. The van der Waals surface area contributed by atoms with Crippen molar-refractivity contribution in [3.8, 4) is 33.4 Å². The van der Waals surface area contributed by atoms with E-state index in [-0.39, 0.29) is 5.41 Å². The molecule has 46 heavy (non-hydrogen) atoms. The first kappa shape index (κ1) is 27.5. The minimum Gasteiger partial charge on any atom is -0.251 e. The van der Waals surface area contributed by atoms with E-state index in [2.05, 4.69) is 130 Å². The number of pyridine rings is 2. The Kier molecular flexibility index (Phi) is 6.19. The first-order chi connectivity index (χ1) is 22.5. The SMILES string of the molecule is Cc1ccc2ccc3c(-c4cccc(-c5ccc6c(c5)C(C)(C)c5ccc7ccccc7c5-6)c4)cc(C4CCCCC4)nc3c2n1. The number of rotatable bonds is 3. The molecule has 1 saturated carbocycles. The molecule has 0 unspecified atom stereocenters. The van der Waals surface area contributed by atoms with Crippen LogP contribution in [0, 0.1) is 6.92 Å². The topological polar surface area (TPSA) is 25.8 Å². The van der Waals surface area contributed by atoms with Crippen molar-refractivity contribution in [2.75, 3.05) is 0 Å². The second-order valence-corrected chi connectivity index (χ2v) is 14.1. The average molecular weight is 595 g/mol. The van der Waals surface area contributed by atoms with Gasteiger partial charge in [-0.25, -0.2) is 0 Å². The van der Waals surface area contributed by atoms with Crippen molar-refractivity contribution in [3.63, 3.8) is 0 Å². The van der Waals surface area contributed by atoms with Gasteiger partial charge >= 0.3 is 0 Å². The zero-order valence-electron chi connectivity index (χ0n) is 26.9. The van der Waals surface area contributed by atoms with Crippen molar-refractivity contribution >= 4 is 32.6 Å². The molecule has 2 aromatic heterocycles. The van der Waals surface area contributed by atoms with E-state index in [1.54, 1.807) is 0 Å². The molecule has 7 aromatic rings. The molecule has 2 aliphatic carbocycles. The van der Waals surface area contributed by atoms with Crippen LogP contribution in [0.1, 0.15) is 74.4 Å². The van der Waals surface area contributed by atoms with Crippen LogP contribution >= 0.6 is 0 Å². The van der Waals surface area contributed by atoms with Crippen molar-refractivity contribution in [1.29, 1.82) is 0 Å². The van der Waals surface area contributed by atoms with Gasteiger partial charge in [0.15, 0.2) is 0 Å². The van der Waals surface area contributed by atoms with Crippen LogP contribution in [0.2, 0.25) is 0 Å². The molecule has 9 rings (SSSR count).